The lowest BCUT2D eigenvalue weighted by molar-refractivity contribution is 0.774. The highest BCUT2D eigenvalue weighted by Crippen LogP contribution is 2.28. The van der Waals surface area contributed by atoms with Crippen LogP contribution in [0.4, 0.5) is 0 Å². The molecule has 16 heavy (non-hydrogen) atoms. The third kappa shape index (κ3) is 3.10. The first-order valence-electron chi connectivity index (χ1n) is 6.08. The molecular formula is C16H22. The molecule has 0 aliphatic rings. The van der Waals surface area contributed by atoms with Gasteiger partial charge in [0.05, 0.1) is 0 Å². The second kappa shape index (κ2) is 6.32. The second-order valence-electron chi connectivity index (χ2n) is 4.16. The Kier molecular flexibility index (Phi) is 5.04. The second-order valence-corrected chi connectivity index (χ2v) is 4.16. The topological polar surface area (TPSA) is 0 Å². The van der Waals surface area contributed by atoms with Gasteiger partial charge < -0.3 is 0 Å². The molecule has 0 N–H and O–H groups in total. The van der Waals surface area contributed by atoms with Crippen LogP contribution < -0.4 is 0 Å². The molecule has 86 valence electrons. The molecule has 1 rings (SSSR count). The Bertz CT molecular complexity index is 366. The highest BCUT2D eigenvalue weighted by Gasteiger charge is 2.11. The highest BCUT2D eigenvalue weighted by atomic mass is 14.2. The largest absolute Gasteiger partial charge is 0.0874 e. The zero-order chi connectivity index (χ0) is 12.0. The Morgan fingerprint density at radius 1 is 1.19 bits per heavy atom. The molecule has 1 atom stereocenters. The van der Waals surface area contributed by atoms with E-state index in [9.17, 15) is 0 Å². The van der Waals surface area contributed by atoms with Gasteiger partial charge in [0.15, 0.2) is 0 Å². The van der Waals surface area contributed by atoms with E-state index in [2.05, 4.69) is 70.2 Å². The van der Waals surface area contributed by atoms with Gasteiger partial charge in [0, 0.05) is 5.92 Å². The number of rotatable bonds is 4. The Balaban J connectivity index is 3.02. The van der Waals surface area contributed by atoms with Crippen LogP contribution in [-0.4, -0.2) is 0 Å². The number of allylic oxidation sites excluding steroid dienone is 4. The summed E-state index contributed by atoms with van der Waals surface area (Å²) in [6.07, 6.45) is 7.70. The van der Waals surface area contributed by atoms with Gasteiger partial charge in [-0.15, -0.1) is 0 Å². The van der Waals surface area contributed by atoms with Gasteiger partial charge in [-0.1, -0.05) is 55.0 Å². The lowest BCUT2D eigenvalue weighted by Gasteiger charge is -2.17. The Morgan fingerprint density at radius 3 is 2.25 bits per heavy atom. The van der Waals surface area contributed by atoms with E-state index in [0.29, 0.717) is 5.92 Å². The van der Waals surface area contributed by atoms with Crippen LogP contribution >= 0.6 is 0 Å². The maximum atomic E-state index is 2.25. The van der Waals surface area contributed by atoms with Crippen molar-refractivity contribution in [2.24, 2.45) is 0 Å². The molecule has 0 bridgehead atoms. The Hall–Kier alpha value is -1.30. The minimum Gasteiger partial charge on any atom is -0.0874 e. The Labute approximate surface area is 99.7 Å². The van der Waals surface area contributed by atoms with Gasteiger partial charge in [0.2, 0.25) is 0 Å². The van der Waals surface area contributed by atoms with E-state index in [1.165, 1.54) is 16.7 Å². The van der Waals surface area contributed by atoms with Crippen molar-refractivity contribution in [1.29, 1.82) is 0 Å². The molecule has 0 saturated heterocycles. The number of aryl methyl sites for hydroxylation is 1. The molecule has 0 aliphatic heterocycles. The molecule has 0 nitrogen and oxygen atoms in total. The average Bonchev–Trinajstić information content (AvgIpc) is 2.31. The van der Waals surface area contributed by atoms with Gasteiger partial charge in [-0.25, -0.2) is 0 Å². The summed E-state index contributed by atoms with van der Waals surface area (Å²) in [6.45, 7) is 8.57. The third-order valence-corrected chi connectivity index (χ3v) is 2.98. The van der Waals surface area contributed by atoms with Gasteiger partial charge in [-0.3, -0.25) is 0 Å². The van der Waals surface area contributed by atoms with Crippen molar-refractivity contribution in [3.05, 3.63) is 59.2 Å². The van der Waals surface area contributed by atoms with Crippen molar-refractivity contribution >= 4 is 0 Å². The lowest BCUT2D eigenvalue weighted by atomic mass is 9.88. The summed E-state index contributed by atoms with van der Waals surface area (Å²) >= 11 is 0. The fourth-order valence-corrected chi connectivity index (χ4v) is 2.07. The first-order valence-corrected chi connectivity index (χ1v) is 6.08. The van der Waals surface area contributed by atoms with Crippen LogP contribution in [0.1, 0.15) is 44.2 Å². The van der Waals surface area contributed by atoms with Crippen molar-refractivity contribution in [3.63, 3.8) is 0 Å². The first kappa shape index (κ1) is 12.8. The van der Waals surface area contributed by atoms with Crippen molar-refractivity contribution in [1.82, 2.24) is 0 Å². The maximum Gasteiger partial charge on any atom is 0.00833 e. The van der Waals surface area contributed by atoms with Gasteiger partial charge in [0.25, 0.3) is 0 Å². The summed E-state index contributed by atoms with van der Waals surface area (Å²) in [5, 5.41) is 0. The summed E-state index contributed by atoms with van der Waals surface area (Å²) in [4.78, 5) is 0. The highest BCUT2D eigenvalue weighted by molar-refractivity contribution is 5.35. The first-order chi connectivity index (χ1) is 7.72. The summed E-state index contributed by atoms with van der Waals surface area (Å²) in [7, 11) is 0. The van der Waals surface area contributed by atoms with Crippen molar-refractivity contribution in [2.45, 2.75) is 40.0 Å². The molecule has 1 aromatic rings. The summed E-state index contributed by atoms with van der Waals surface area (Å²) in [5.41, 5.74) is 4.15. The smallest absolute Gasteiger partial charge is 0.00833 e. The minimum atomic E-state index is 0.529. The van der Waals surface area contributed by atoms with Gasteiger partial charge >= 0.3 is 0 Å². The lowest BCUT2D eigenvalue weighted by Crippen LogP contribution is -1.99. The maximum absolute atomic E-state index is 2.25. The molecule has 1 unspecified atom stereocenters. The molecule has 0 spiro atoms. The SMILES string of the molecule is C/C=C\C(=C/C)C(CC)c1ccc(C)cc1. The van der Waals surface area contributed by atoms with Gasteiger partial charge in [-0.05, 0) is 38.3 Å². The van der Waals surface area contributed by atoms with E-state index in [-0.39, 0.29) is 0 Å². The van der Waals surface area contributed by atoms with Crippen LogP contribution in [0.25, 0.3) is 0 Å². The molecule has 0 aromatic heterocycles. The molecule has 0 heterocycles. The van der Waals surface area contributed by atoms with Crippen molar-refractivity contribution in [2.75, 3.05) is 0 Å². The molecule has 1 aromatic carbocycles. The molecular weight excluding hydrogens is 192 g/mol. The third-order valence-electron chi connectivity index (χ3n) is 2.98. The molecule has 0 fully saturated rings. The van der Waals surface area contributed by atoms with Crippen LogP contribution in [0.3, 0.4) is 0 Å². The number of hydrogen-bond acceptors (Lipinski definition) is 0. The molecule has 0 aliphatic carbocycles. The minimum absolute atomic E-state index is 0.529. The normalized spacial score (nSPS) is 14.4. The van der Waals surface area contributed by atoms with E-state index < -0.39 is 0 Å². The van der Waals surface area contributed by atoms with Gasteiger partial charge in [0.1, 0.15) is 0 Å². The predicted octanol–water partition coefficient (Wildman–Crippen LogP) is 5.01. The van der Waals surface area contributed by atoms with Crippen molar-refractivity contribution < 1.29 is 0 Å². The summed E-state index contributed by atoms with van der Waals surface area (Å²) in [5.74, 6) is 0.529. The fourth-order valence-electron chi connectivity index (χ4n) is 2.07. The Morgan fingerprint density at radius 2 is 1.81 bits per heavy atom. The van der Waals surface area contributed by atoms with Crippen LogP contribution in [0.15, 0.2) is 48.1 Å². The van der Waals surface area contributed by atoms with E-state index in [1.807, 2.05) is 0 Å². The van der Waals surface area contributed by atoms with Crippen LogP contribution in [0.5, 0.6) is 0 Å². The van der Waals surface area contributed by atoms with E-state index in [0.717, 1.165) is 6.42 Å². The summed E-state index contributed by atoms with van der Waals surface area (Å²) < 4.78 is 0. The van der Waals surface area contributed by atoms with Gasteiger partial charge in [-0.2, -0.15) is 0 Å². The average molecular weight is 214 g/mol. The van der Waals surface area contributed by atoms with E-state index in [1.54, 1.807) is 0 Å². The number of benzene rings is 1. The van der Waals surface area contributed by atoms with Crippen molar-refractivity contribution in [3.8, 4) is 0 Å². The zero-order valence-corrected chi connectivity index (χ0v) is 10.8. The molecule has 0 saturated carbocycles. The molecule has 0 heteroatoms. The predicted molar refractivity (Wildman–Crippen MR) is 72.8 cm³/mol. The summed E-state index contributed by atoms with van der Waals surface area (Å²) in [6, 6.07) is 8.88. The van der Waals surface area contributed by atoms with Crippen LogP contribution in [-0.2, 0) is 0 Å². The fraction of sp³-hybridized carbons (Fsp3) is 0.375. The standard InChI is InChI=1S/C16H22/c1-5-8-14(6-2)16(7-3)15-11-9-13(4)10-12-15/h5-6,8-12,16H,7H2,1-4H3/b8-5-,14-6+. The zero-order valence-electron chi connectivity index (χ0n) is 10.8. The van der Waals surface area contributed by atoms with E-state index >= 15 is 0 Å². The monoisotopic (exact) mass is 214 g/mol. The van der Waals surface area contributed by atoms with Crippen LogP contribution in [0, 0.1) is 6.92 Å². The molecule has 0 radical (unpaired) electrons. The van der Waals surface area contributed by atoms with Crippen LogP contribution in [0.2, 0.25) is 0 Å². The molecule has 0 amide bonds. The quantitative estimate of drug-likeness (QED) is 0.618. The number of hydrogen-bond donors (Lipinski definition) is 0. The van der Waals surface area contributed by atoms with E-state index in [4.69, 9.17) is 0 Å².